The van der Waals surface area contributed by atoms with Gasteiger partial charge in [0.15, 0.2) is 11.5 Å². The van der Waals surface area contributed by atoms with E-state index in [1.54, 1.807) is 18.2 Å². The van der Waals surface area contributed by atoms with Gasteiger partial charge < -0.3 is 9.47 Å². The van der Waals surface area contributed by atoms with E-state index < -0.39 is 10.0 Å². The first kappa shape index (κ1) is 17.7. The maximum Gasteiger partial charge on any atom is 0.267 e. The first-order chi connectivity index (χ1) is 13.5. The van der Waals surface area contributed by atoms with Gasteiger partial charge in [0.2, 0.25) is 10.0 Å². The molecule has 0 amide bonds. The number of aryl methyl sites for hydroxylation is 2. The molecule has 8 nitrogen and oxygen atoms in total. The van der Waals surface area contributed by atoms with Gasteiger partial charge in [-0.3, -0.25) is 4.79 Å². The van der Waals surface area contributed by atoms with Crippen LogP contribution in [0.2, 0.25) is 0 Å². The Morgan fingerprint density at radius 3 is 2.68 bits per heavy atom. The largest absolute Gasteiger partial charge is 0.486 e. The lowest BCUT2D eigenvalue weighted by molar-refractivity contribution is 0.168. The molecule has 2 aromatic rings. The highest BCUT2D eigenvalue weighted by atomic mass is 32.2. The number of rotatable bonds is 4. The zero-order valence-electron chi connectivity index (χ0n) is 15.3. The van der Waals surface area contributed by atoms with Crippen molar-refractivity contribution in [2.45, 2.75) is 30.7 Å². The van der Waals surface area contributed by atoms with E-state index in [4.69, 9.17) is 9.47 Å². The molecule has 5 rings (SSSR count). The van der Waals surface area contributed by atoms with E-state index in [0.29, 0.717) is 44.3 Å². The van der Waals surface area contributed by atoms with Crippen LogP contribution in [0.25, 0.3) is 0 Å². The van der Waals surface area contributed by atoms with E-state index in [9.17, 15) is 13.2 Å². The number of hydrogen-bond acceptors (Lipinski definition) is 6. The molecular weight excluding hydrogens is 382 g/mol. The summed E-state index contributed by atoms with van der Waals surface area (Å²) in [5.74, 6) is 1.10. The van der Waals surface area contributed by atoms with E-state index in [1.165, 1.54) is 15.1 Å². The molecule has 2 aliphatic heterocycles. The number of aromatic nitrogens is 2. The second-order valence-corrected chi connectivity index (χ2v) is 9.42. The Balaban J connectivity index is 1.28. The van der Waals surface area contributed by atoms with Gasteiger partial charge in [0.1, 0.15) is 13.2 Å². The van der Waals surface area contributed by atoms with E-state index in [1.807, 2.05) is 0 Å². The van der Waals surface area contributed by atoms with Crippen molar-refractivity contribution in [1.82, 2.24) is 14.1 Å². The van der Waals surface area contributed by atoms with Crippen molar-refractivity contribution in [1.29, 1.82) is 0 Å². The fourth-order valence-corrected chi connectivity index (χ4v) is 5.59. The van der Waals surface area contributed by atoms with Crippen molar-refractivity contribution in [2.75, 3.05) is 26.3 Å². The summed E-state index contributed by atoms with van der Waals surface area (Å²) in [5, 5.41) is 4.47. The van der Waals surface area contributed by atoms with Crippen molar-refractivity contribution >= 4 is 10.0 Å². The number of fused-ring (bicyclic) bond motifs is 2. The highest BCUT2D eigenvalue weighted by molar-refractivity contribution is 7.89. The third-order valence-electron chi connectivity index (χ3n) is 5.53. The first-order valence-electron chi connectivity index (χ1n) is 9.50. The number of hydrogen-bond donors (Lipinski definition) is 0. The highest BCUT2D eigenvalue weighted by Gasteiger charge is 2.37. The Morgan fingerprint density at radius 1 is 1.07 bits per heavy atom. The van der Waals surface area contributed by atoms with Gasteiger partial charge in [-0.2, -0.15) is 9.40 Å². The summed E-state index contributed by atoms with van der Waals surface area (Å²) in [5.41, 5.74) is 1.95. The molecule has 1 fully saturated rings. The van der Waals surface area contributed by atoms with Crippen LogP contribution in [0.4, 0.5) is 0 Å². The molecule has 1 aliphatic carbocycles. The lowest BCUT2D eigenvalue weighted by Crippen LogP contribution is -2.52. The van der Waals surface area contributed by atoms with E-state index >= 15 is 0 Å². The Morgan fingerprint density at radius 2 is 1.86 bits per heavy atom. The van der Waals surface area contributed by atoms with E-state index in [2.05, 4.69) is 5.10 Å². The topological polar surface area (TPSA) is 90.7 Å². The summed E-state index contributed by atoms with van der Waals surface area (Å²) < 4.78 is 39.6. The molecule has 0 saturated carbocycles. The SMILES string of the molecule is O=c1cc2c(nn1CC1CN(S(=O)(=O)c3ccc4c(c3)OCCO4)C1)CCC2. The van der Waals surface area contributed by atoms with Gasteiger partial charge >= 0.3 is 0 Å². The average molecular weight is 403 g/mol. The molecule has 1 aromatic carbocycles. The van der Waals surface area contributed by atoms with Crippen LogP contribution >= 0.6 is 0 Å². The predicted octanol–water partition coefficient (Wildman–Crippen LogP) is 0.824. The van der Waals surface area contributed by atoms with Gasteiger partial charge in [-0.15, -0.1) is 0 Å². The zero-order chi connectivity index (χ0) is 19.3. The molecule has 0 unspecified atom stereocenters. The summed E-state index contributed by atoms with van der Waals surface area (Å²) in [6.45, 7) is 2.07. The first-order valence-corrected chi connectivity index (χ1v) is 10.9. The number of sulfonamides is 1. The van der Waals surface area contributed by atoms with Crippen LogP contribution in [0, 0.1) is 5.92 Å². The minimum atomic E-state index is -3.59. The zero-order valence-corrected chi connectivity index (χ0v) is 16.2. The lowest BCUT2D eigenvalue weighted by Gasteiger charge is -2.38. The van der Waals surface area contributed by atoms with E-state index in [0.717, 1.165) is 30.5 Å². The smallest absolute Gasteiger partial charge is 0.267 e. The molecule has 0 atom stereocenters. The molecule has 3 aliphatic rings. The van der Waals surface area contributed by atoms with Gasteiger partial charge in [0, 0.05) is 31.1 Å². The molecule has 0 spiro atoms. The molecular formula is C19H21N3O5S. The minimum Gasteiger partial charge on any atom is -0.486 e. The maximum atomic E-state index is 12.9. The van der Waals surface area contributed by atoms with Crippen LogP contribution in [0.1, 0.15) is 17.7 Å². The highest BCUT2D eigenvalue weighted by Crippen LogP contribution is 2.34. The fourth-order valence-electron chi connectivity index (χ4n) is 3.98. The second-order valence-electron chi connectivity index (χ2n) is 7.48. The second kappa shape index (κ2) is 6.59. The quantitative estimate of drug-likeness (QED) is 0.751. The summed E-state index contributed by atoms with van der Waals surface area (Å²) >= 11 is 0. The Hall–Kier alpha value is -2.39. The van der Waals surface area contributed by atoms with Crippen LogP contribution < -0.4 is 15.0 Å². The Labute approximate surface area is 162 Å². The average Bonchev–Trinajstić information content (AvgIpc) is 3.10. The van der Waals surface area contributed by atoms with Crippen molar-refractivity contribution in [3.05, 3.63) is 45.9 Å². The summed E-state index contributed by atoms with van der Waals surface area (Å²) in [6, 6.07) is 6.37. The van der Waals surface area contributed by atoms with Crippen molar-refractivity contribution in [3.8, 4) is 11.5 Å². The van der Waals surface area contributed by atoms with Crippen molar-refractivity contribution < 1.29 is 17.9 Å². The van der Waals surface area contributed by atoms with E-state index in [-0.39, 0.29) is 16.4 Å². The monoisotopic (exact) mass is 403 g/mol. The lowest BCUT2D eigenvalue weighted by atomic mass is 10.0. The maximum absolute atomic E-state index is 12.9. The summed E-state index contributed by atoms with van der Waals surface area (Å²) in [7, 11) is -3.59. The summed E-state index contributed by atoms with van der Waals surface area (Å²) in [6.07, 6.45) is 2.87. The number of nitrogens with zero attached hydrogens (tertiary/aromatic N) is 3. The van der Waals surface area contributed by atoms with Crippen LogP contribution in [-0.2, 0) is 29.4 Å². The third kappa shape index (κ3) is 2.98. The molecule has 28 heavy (non-hydrogen) atoms. The fraction of sp³-hybridized carbons (Fsp3) is 0.474. The summed E-state index contributed by atoms with van der Waals surface area (Å²) in [4.78, 5) is 12.4. The molecule has 1 saturated heterocycles. The number of ether oxygens (including phenoxy) is 2. The van der Waals surface area contributed by atoms with Gasteiger partial charge in [-0.1, -0.05) is 0 Å². The predicted molar refractivity (Wildman–Crippen MR) is 100 cm³/mol. The normalized spacial score (nSPS) is 19.3. The number of benzene rings is 1. The van der Waals surface area contributed by atoms with Crippen molar-refractivity contribution in [2.24, 2.45) is 5.92 Å². The van der Waals surface area contributed by atoms with Gasteiger partial charge in [-0.05, 0) is 37.0 Å². The van der Waals surface area contributed by atoms with Crippen LogP contribution in [-0.4, -0.2) is 48.8 Å². The minimum absolute atomic E-state index is 0.0802. The molecule has 0 N–H and O–H groups in total. The van der Waals surface area contributed by atoms with Gasteiger partial charge in [0.25, 0.3) is 5.56 Å². The Kier molecular flexibility index (Phi) is 4.17. The van der Waals surface area contributed by atoms with Gasteiger partial charge in [-0.25, -0.2) is 13.1 Å². The Bertz CT molecular complexity index is 1090. The molecule has 3 heterocycles. The molecule has 148 valence electrons. The molecule has 0 bridgehead atoms. The standard InChI is InChI=1S/C19H21N3O5S/c23-19-8-14-2-1-3-16(14)20-22(19)12-13-10-21(11-13)28(24,25)15-4-5-17-18(9-15)27-7-6-26-17/h4-5,8-9,13H,1-3,6-7,10-12H2. The van der Waals surface area contributed by atoms with Crippen molar-refractivity contribution in [3.63, 3.8) is 0 Å². The van der Waals surface area contributed by atoms with Crippen LogP contribution in [0.15, 0.2) is 34.0 Å². The van der Waals surface area contributed by atoms with Crippen LogP contribution in [0.3, 0.4) is 0 Å². The third-order valence-corrected chi connectivity index (χ3v) is 7.36. The van der Waals surface area contributed by atoms with Crippen LogP contribution in [0.5, 0.6) is 11.5 Å². The van der Waals surface area contributed by atoms with Gasteiger partial charge in [0.05, 0.1) is 17.1 Å². The molecule has 0 radical (unpaired) electrons. The molecule has 1 aromatic heterocycles. The molecule has 9 heteroatoms.